The third kappa shape index (κ3) is 2.50. The van der Waals surface area contributed by atoms with Crippen LogP contribution >= 0.6 is 0 Å². The van der Waals surface area contributed by atoms with Gasteiger partial charge in [0.2, 0.25) is 0 Å². The Balaban J connectivity index is 3.07. The summed E-state index contributed by atoms with van der Waals surface area (Å²) in [6.45, 7) is 5.77. The smallest absolute Gasteiger partial charge is 0.276 e. The Morgan fingerprint density at radius 2 is 2.31 bits per heavy atom. The number of H-pyrrole nitrogens is 1. The van der Waals surface area contributed by atoms with E-state index in [4.69, 9.17) is 0 Å². The van der Waals surface area contributed by atoms with Gasteiger partial charge in [-0.1, -0.05) is 13.8 Å². The topological polar surface area (TPSA) is 58.1 Å². The zero-order chi connectivity index (χ0) is 9.84. The van der Waals surface area contributed by atoms with Crippen LogP contribution in [-0.2, 0) is 0 Å². The molecule has 0 aliphatic rings. The Bertz CT molecular complexity index is 365. The molecule has 0 bridgehead atoms. The summed E-state index contributed by atoms with van der Waals surface area (Å²) in [5, 5.41) is 0. The molecule has 0 radical (unpaired) electrons. The van der Waals surface area contributed by atoms with E-state index >= 15 is 0 Å². The molecular formula is C9H13N3O. The van der Waals surface area contributed by atoms with E-state index in [1.807, 2.05) is 13.8 Å². The number of nitrogens with zero attached hydrogens (tertiary/aromatic N) is 2. The summed E-state index contributed by atoms with van der Waals surface area (Å²) in [5.74, 6) is 0.332. The van der Waals surface area contributed by atoms with Crippen LogP contribution in [0.5, 0.6) is 0 Å². The Kier molecular flexibility index (Phi) is 2.95. The number of aromatic nitrogens is 2. The van der Waals surface area contributed by atoms with Crippen molar-refractivity contribution in [1.82, 2.24) is 9.97 Å². The van der Waals surface area contributed by atoms with Gasteiger partial charge in [0, 0.05) is 6.21 Å². The molecule has 0 amide bonds. The standard InChI is InChI=1S/C9H13N3O/c1-6(2)4-10-8-7(3)11-5-12-9(8)13/h4-6H,1-3H3,(H,11,12,13). The fourth-order valence-corrected chi connectivity index (χ4v) is 0.857. The molecular weight excluding hydrogens is 166 g/mol. The number of aromatic amines is 1. The lowest BCUT2D eigenvalue weighted by Crippen LogP contribution is -2.07. The summed E-state index contributed by atoms with van der Waals surface area (Å²) in [7, 11) is 0. The summed E-state index contributed by atoms with van der Waals surface area (Å²) >= 11 is 0. The highest BCUT2D eigenvalue weighted by Gasteiger charge is 2.00. The molecule has 0 spiro atoms. The first kappa shape index (κ1) is 9.64. The van der Waals surface area contributed by atoms with Crippen LogP contribution < -0.4 is 5.56 Å². The van der Waals surface area contributed by atoms with Gasteiger partial charge in [-0.3, -0.25) is 9.79 Å². The third-order valence-electron chi connectivity index (χ3n) is 1.51. The number of aliphatic imine (C=N–C) groups is 1. The SMILES string of the molecule is Cc1nc[nH]c(=O)c1N=CC(C)C. The summed E-state index contributed by atoms with van der Waals surface area (Å²) in [4.78, 5) is 21.7. The van der Waals surface area contributed by atoms with E-state index in [-0.39, 0.29) is 5.56 Å². The van der Waals surface area contributed by atoms with Crippen molar-refractivity contribution < 1.29 is 0 Å². The first-order valence-electron chi connectivity index (χ1n) is 4.19. The van der Waals surface area contributed by atoms with Gasteiger partial charge in [-0.25, -0.2) is 4.98 Å². The molecule has 1 aromatic heterocycles. The number of rotatable bonds is 2. The van der Waals surface area contributed by atoms with Gasteiger partial charge in [0.05, 0.1) is 12.0 Å². The van der Waals surface area contributed by atoms with Gasteiger partial charge in [-0.2, -0.15) is 0 Å². The second-order valence-electron chi connectivity index (χ2n) is 3.19. The van der Waals surface area contributed by atoms with Gasteiger partial charge < -0.3 is 4.98 Å². The molecule has 0 saturated heterocycles. The largest absolute Gasteiger partial charge is 0.311 e. The summed E-state index contributed by atoms with van der Waals surface area (Å²) in [6.07, 6.45) is 3.12. The molecule has 13 heavy (non-hydrogen) atoms. The van der Waals surface area contributed by atoms with Gasteiger partial charge >= 0.3 is 0 Å². The lowest BCUT2D eigenvalue weighted by molar-refractivity contribution is 0.905. The van der Waals surface area contributed by atoms with Crippen LogP contribution in [0.2, 0.25) is 0 Å². The molecule has 0 unspecified atom stereocenters. The van der Waals surface area contributed by atoms with E-state index < -0.39 is 0 Å². The van der Waals surface area contributed by atoms with E-state index in [1.54, 1.807) is 13.1 Å². The van der Waals surface area contributed by atoms with Crippen molar-refractivity contribution in [2.75, 3.05) is 0 Å². The lowest BCUT2D eigenvalue weighted by Gasteiger charge is -1.97. The zero-order valence-corrected chi connectivity index (χ0v) is 8.03. The van der Waals surface area contributed by atoms with E-state index in [2.05, 4.69) is 15.0 Å². The van der Waals surface area contributed by atoms with Gasteiger partial charge in [-0.05, 0) is 12.8 Å². The van der Waals surface area contributed by atoms with Crippen LogP contribution in [0.4, 0.5) is 5.69 Å². The second kappa shape index (κ2) is 3.98. The van der Waals surface area contributed by atoms with Gasteiger partial charge in [0.15, 0.2) is 0 Å². The maximum Gasteiger partial charge on any atom is 0.276 e. The minimum atomic E-state index is -0.190. The molecule has 1 N–H and O–H groups in total. The molecule has 70 valence electrons. The van der Waals surface area contributed by atoms with Gasteiger partial charge in [-0.15, -0.1) is 0 Å². The van der Waals surface area contributed by atoms with Crippen molar-refractivity contribution in [2.45, 2.75) is 20.8 Å². The molecule has 4 heteroatoms. The number of aryl methyl sites for hydroxylation is 1. The normalized spacial score (nSPS) is 11.4. The molecule has 0 aliphatic carbocycles. The summed E-state index contributed by atoms with van der Waals surface area (Å²) < 4.78 is 0. The quantitative estimate of drug-likeness (QED) is 0.698. The van der Waals surface area contributed by atoms with Crippen LogP contribution in [0.25, 0.3) is 0 Å². The lowest BCUT2D eigenvalue weighted by atomic mass is 10.2. The van der Waals surface area contributed by atoms with E-state index in [9.17, 15) is 4.79 Å². The Labute approximate surface area is 76.8 Å². The fraction of sp³-hybridized carbons (Fsp3) is 0.444. The first-order chi connectivity index (χ1) is 6.11. The maximum absolute atomic E-state index is 11.2. The van der Waals surface area contributed by atoms with Crippen LogP contribution in [0.3, 0.4) is 0 Å². The van der Waals surface area contributed by atoms with E-state index in [1.165, 1.54) is 6.33 Å². The molecule has 1 rings (SSSR count). The number of hydrogen-bond donors (Lipinski definition) is 1. The van der Waals surface area contributed by atoms with Crippen molar-refractivity contribution in [3.8, 4) is 0 Å². The van der Waals surface area contributed by atoms with E-state index in [0.29, 0.717) is 17.3 Å². The van der Waals surface area contributed by atoms with Crippen molar-refractivity contribution in [3.63, 3.8) is 0 Å². The minimum absolute atomic E-state index is 0.190. The van der Waals surface area contributed by atoms with Crippen molar-refractivity contribution in [1.29, 1.82) is 0 Å². The van der Waals surface area contributed by atoms with Crippen molar-refractivity contribution >= 4 is 11.9 Å². The second-order valence-corrected chi connectivity index (χ2v) is 3.19. The average molecular weight is 179 g/mol. The molecule has 1 heterocycles. The van der Waals surface area contributed by atoms with Gasteiger partial charge in [0.1, 0.15) is 5.69 Å². The molecule has 0 atom stereocenters. The fourth-order valence-electron chi connectivity index (χ4n) is 0.857. The maximum atomic E-state index is 11.2. The highest BCUT2D eigenvalue weighted by Crippen LogP contribution is 2.07. The van der Waals surface area contributed by atoms with Crippen molar-refractivity contribution in [3.05, 3.63) is 22.4 Å². The van der Waals surface area contributed by atoms with Crippen LogP contribution in [0, 0.1) is 12.8 Å². The molecule has 4 nitrogen and oxygen atoms in total. The number of nitrogens with one attached hydrogen (secondary N) is 1. The molecule has 0 aliphatic heterocycles. The highest BCUT2D eigenvalue weighted by molar-refractivity contribution is 5.65. The third-order valence-corrected chi connectivity index (χ3v) is 1.51. The molecule has 1 aromatic rings. The summed E-state index contributed by atoms with van der Waals surface area (Å²) in [6, 6.07) is 0. The van der Waals surface area contributed by atoms with Crippen molar-refractivity contribution in [2.24, 2.45) is 10.9 Å². The molecule has 0 saturated carbocycles. The van der Waals surface area contributed by atoms with Crippen LogP contribution in [0.15, 0.2) is 16.1 Å². The monoisotopic (exact) mass is 179 g/mol. The molecule has 0 aromatic carbocycles. The Morgan fingerprint density at radius 3 is 2.85 bits per heavy atom. The van der Waals surface area contributed by atoms with E-state index in [0.717, 1.165) is 0 Å². The van der Waals surface area contributed by atoms with Crippen LogP contribution in [0.1, 0.15) is 19.5 Å². The zero-order valence-electron chi connectivity index (χ0n) is 8.03. The highest BCUT2D eigenvalue weighted by atomic mass is 16.1. The summed E-state index contributed by atoms with van der Waals surface area (Å²) in [5.41, 5.74) is 0.862. The predicted molar refractivity (Wildman–Crippen MR) is 52.6 cm³/mol. The first-order valence-corrected chi connectivity index (χ1v) is 4.19. The average Bonchev–Trinajstić information content (AvgIpc) is 2.03. The number of hydrogen-bond acceptors (Lipinski definition) is 3. The van der Waals surface area contributed by atoms with Gasteiger partial charge in [0.25, 0.3) is 5.56 Å². The molecule has 0 fully saturated rings. The van der Waals surface area contributed by atoms with Crippen LogP contribution in [-0.4, -0.2) is 16.2 Å². The Hall–Kier alpha value is -1.45. The predicted octanol–water partition coefficient (Wildman–Crippen LogP) is 1.44. The minimum Gasteiger partial charge on any atom is -0.311 e. The Morgan fingerprint density at radius 1 is 1.62 bits per heavy atom.